The van der Waals surface area contributed by atoms with Gasteiger partial charge in [0.1, 0.15) is 0 Å². The molecule has 1 amide bonds. The molecular formula is C15H22BrClN2OS. The van der Waals surface area contributed by atoms with E-state index in [0.717, 1.165) is 28.9 Å². The van der Waals surface area contributed by atoms with Crippen LogP contribution in [0.15, 0.2) is 33.6 Å². The summed E-state index contributed by atoms with van der Waals surface area (Å²) >= 11 is 5.01. The molecule has 118 valence electrons. The summed E-state index contributed by atoms with van der Waals surface area (Å²) in [5.41, 5.74) is 0. The highest BCUT2D eigenvalue weighted by molar-refractivity contribution is 9.10. The molecule has 0 aromatic heterocycles. The average molecular weight is 394 g/mol. The normalized spacial score (nSPS) is 18.1. The lowest BCUT2D eigenvalue weighted by Gasteiger charge is -2.24. The van der Waals surface area contributed by atoms with E-state index in [2.05, 4.69) is 26.6 Å². The lowest BCUT2D eigenvalue weighted by Crippen LogP contribution is -2.44. The predicted octanol–water partition coefficient (Wildman–Crippen LogP) is 3.61. The van der Waals surface area contributed by atoms with Crippen molar-refractivity contribution in [3.05, 3.63) is 28.7 Å². The van der Waals surface area contributed by atoms with E-state index in [0.29, 0.717) is 6.04 Å². The molecule has 1 aliphatic rings. The van der Waals surface area contributed by atoms with Gasteiger partial charge in [-0.15, -0.1) is 24.2 Å². The van der Waals surface area contributed by atoms with E-state index < -0.39 is 4.75 Å². The zero-order valence-electron chi connectivity index (χ0n) is 12.3. The second-order valence-electron chi connectivity index (χ2n) is 5.57. The Bertz CT molecular complexity index is 461. The summed E-state index contributed by atoms with van der Waals surface area (Å²) in [7, 11) is 0. The molecule has 0 radical (unpaired) electrons. The van der Waals surface area contributed by atoms with Gasteiger partial charge >= 0.3 is 0 Å². The van der Waals surface area contributed by atoms with E-state index in [1.165, 1.54) is 6.42 Å². The minimum atomic E-state index is -0.466. The number of thioether (sulfide) groups is 1. The summed E-state index contributed by atoms with van der Waals surface area (Å²) in [5, 5.41) is 6.46. The fraction of sp³-hybridized carbons (Fsp3) is 0.533. The Balaban J connectivity index is 0.00000220. The maximum atomic E-state index is 12.3. The second kappa shape index (κ2) is 8.42. The van der Waals surface area contributed by atoms with Crippen molar-refractivity contribution >= 4 is 46.0 Å². The van der Waals surface area contributed by atoms with Gasteiger partial charge in [0.2, 0.25) is 5.91 Å². The number of amides is 1. The van der Waals surface area contributed by atoms with Crippen LogP contribution in [0.3, 0.4) is 0 Å². The summed E-state index contributed by atoms with van der Waals surface area (Å²) in [5.74, 6) is 0.0964. The number of hydrogen-bond acceptors (Lipinski definition) is 3. The largest absolute Gasteiger partial charge is 0.353 e. The summed E-state index contributed by atoms with van der Waals surface area (Å²) in [6.45, 7) is 5.73. The highest BCUT2D eigenvalue weighted by atomic mass is 79.9. The van der Waals surface area contributed by atoms with Crippen molar-refractivity contribution in [2.45, 2.75) is 42.4 Å². The van der Waals surface area contributed by atoms with Crippen LogP contribution in [0, 0.1) is 0 Å². The molecule has 0 spiro atoms. The number of halogens is 2. The maximum absolute atomic E-state index is 12.3. The highest BCUT2D eigenvalue weighted by Crippen LogP contribution is 2.33. The smallest absolute Gasteiger partial charge is 0.236 e. The lowest BCUT2D eigenvalue weighted by molar-refractivity contribution is -0.122. The number of hydrogen-bond donors (Lipinski definition) is 2. The topological polar surface area (TPSA) is 41.1 Å². The fourth-order valence-electron chi connectivity index (χ4n) is 2.20. The standard InChI is InChI=1S/C15H21BrN2OS.ClH/c1-15(2,20-13-7-5-11(16)6-8-13)14(19)18-10-12-4-3-9-17-12;/h5-8,12,17H,3-4,9-10H2,1-2H3,(H,18,19);1H. The Hall–Kier alpha value is -0.230. The fourth-order valence-corrected chi connectivity index (χ4v) is 3.49. The van der Waals surface area contributed by atoms with Crippen LogP contribution in [0.25, 0.3) is 0 Å². The van der Waals surface area contributed by atoms with E-state index in [4.69, 9.17) is 0 Å². The summed E-state index contributed by atoms with van der Waals surface area (Å²) in [6, 6.07) is 8.50. The Morgan fingerprint density at radius 3 is 2.67 bits per heavy atom. The first-order chi connectivity index (χ1) is 9.47. The lowest BCUT2D eigenvalue weighted by atomic mass is 10.1. The molecule has 1 atom stereocenters. The summed E-state index contributed by atoms with van der Waals surface area (Å²) in [6.07, 6.45) is 2.36. The van der Waals surface area contributed by atoms with Gasteiger partial charge in [0, 0.05) is 22.0 Å². The van der Waals surface area contributed by atoms with Crippen LogP contribution in [0.2, 0.25) is 0 Å². The molecule has 21 heavy (non-hydrogen) atoms. The average Bonchev–Trinajstić information content (AvgIpc) is 2.91. The van der Waals surface area contributed by atoms with Crippen LogP contribution in [0.5, 0.6) is 0 Å². The van der Waals surface area contributed by atoms with Gasteiger partial charge in [0.25, 0.3) is 0 Å². The minimum absolute atomic E-state index is 0. The molecule has 1 fully saturated rings. The molecule has 0 bridgehead atoms. The van der Waals surface area contributed by atoms with Gasteiger partial charge in [-0.3, -0.25) is 4.79 Å². The van der Waals surface area contributed by atoms with Crippen molar-refractivity contribution in [1.29, 1.82) is 0 Å². The molecule has 6 heteroatoms. The number of nitrogens with one attached hydrogen (secondary N) is 2. The summed E-state index contributed by atoms with van der Waals surface area (Å²) < 4.78 is 0.586. The molecular weight excluding hydrogens is 372 g/mol. The van der Waals surface area contributed by atoms with Crippen LogP contribution in [0.4, 0.5) is 0 Å². The van der Waals surface area contributed by atoms with E-state index in [1.807, 2.05) is 38.1 Å². The third-order valence-electron chi connectivity index (χ3n) is 3.40. The van der Waals surface area contributed by atoms with Crippen molar-refractivity contribution in [1.82, 2.24) is 10.6 Å². The first kappa shape index (κ1) is 18.8. The number of benzene rings is 1. The Morgan fingerprint density at radius 2 is 2.10 bits per heavy atom. The third-order valence-corrected chi connectivity index (χ3v) is 5.14. The van der Waals surface area contributed by atoms with Crippen molar-refractivity contribution in [2.24, 2.45) is 0 Å². The molecule has 2 N–H and O–H groups in total. The van der Waals surface area contributed by atoms with Crippen LogP contribution in [-0.2, 0) is 4.79 Å². The van der Waals surface area contributed by atoms with Crippen molar-refractivity contribution in [3.63, 3.8) is 0 Å². The Labute approximate surface area is 145 Å². The van der Waals surface area contributed by atoms with Gasteiger partial charge < -0.3 is 10.6 Å². The SMILES string of the molecule is CC(C)(Sc1ccc(Br)cc1)C(=O)NCC1CCCN1.Cl. The van der Waals surface area contributed by atoms with Gasteiger partial charge in [-0.25, -0.2) is 0 Å². The van der Waals surface area contributed by atoms with Crippen molar-refractivity contribution in [3.8, 4) is 0 Å². The maximum Gasteiger partial charge on any atom is 0.236 e. The summed E-state index contributed by atoms with van der Waals surface area (Å²) in [4.78, 5) is 13.4. The number of carbonyl (C=O) groups is 1. The monoisotopic (exact) mass is 392 g/mol. The Morgan fingerprint density at radius 1 is 1.43 bits per heavy atom. The van der Waals surface area contributed by atoms with Crippen LogP contribution in [-0.4, -0.2) is 29.8 Å². The van der Waals surface area contributed by atoms with Crippen molar-refractivity contribution in [2.75, 3.05) is 13.1 Å². The van der Waals surface area contributed by atoms with E-state index in [1.54, 1.807) is 11.8 Å². The van der Waals surface area contributed by atoms with E-state index in [9.17, 15) is 4.79 Å². The van der Waals surface area contributed by atoms with Gasteiger partial charge in [-0.2, -0.15) is 0 Å². The number of rotatable bonds is 5. The van der Waals surface area contributed by atoms with Crippen LogP contribution in [0.1, 0.15) is 26.7 Å². The molecule has 1 aliphatic heterocycles. The quantitative estimate of drug-likeness (QED) is 0.751. The zero-order chi connectivity index (χ0) is 14.6. The third kappa shape index (κ3) is 5.81. The first-order valence-corrected chi connectivity index (χ1v) is 8.54. The van der Waals surface area contributed by atoms with Gasteiger partial charge in [0.05, 0.1) is 4.75 Å². The minimum Gasteiger partial charge on any atom is -0.353 e. The highest BCUT2D eigenvalue weighted by Gasteiger charge is 2.29. The zero-order valence-corrected chi connectivity index (χ0v) is 15.5. The molecule has 1 heterocycles. The molecule has 1 unspecified atom stereocenters. The van der Waals surface area contributed by atoms with E-state index in [-0.39, 0.29) is 18.3 Å². The molecule has 1 saturated heterocycles. The molecule has 3 nitrogen and oxygen atoms in total. The number of carbonyl (C=O) groups excluding carboxylic acids is 1. The molecule has 1 aromatic rings. The van der Waals surface area contributed by atoms with Gasteiger partial charge in [-0.1, -0.05) is 15.9 Å². The first-order valence-electron chi connectivity index (χ1n) is 6.94. The van der Waals surface area contributed by atoms with Gasteiger partial charge in [0.15, 0.2) is 0 Å². The predicted molar refractivity (Wildman–Crippen MR) is 95.4 cm³/mol. The molecule has 0 saturated carbocycles. The van der Waals surface area contributed by atoms with Crippen molar-refractivity contribution < 1.29 is 4.79 Å². The molecule has 0 aliphatic carbocycles. The molecule has 1 aromatic carbocycles. The molecule has 2 rings (SSSR count). The van der Waals surface area contributed by atoms with Gasteiger partial charge in [-0.05, 0) is 57.5 Å². The second-order valence-corrected chi connectivity index (χ2v) is 8.18. The van der Waals surface area contributed by atoms with E-state index >= 15 is 0 Å². The van der Waals surface area contributed by atoms with Crippen LogP contribution >= 0.6 is 40.1 Å². The van der Waals surface area contributed by atoms with Crippen LogP contribution < -0.4 is 10.6 Å². The Kier molecular flexibility index (Phi) is 7.54.